The molecule has 0 spiro atoms. The van der Waals surface area contributed by atoms with Crippen LogP contribution in [0, 0.1) is 5.41 Å². The number of sulfonamides is 1. The zero-order valence-corrected chi connectivity index (χ0v) is 12.2. The van der Waals surface area contributed by atoms with E-state index in [4.69, 9.17) is 11.1 Å². The minimum absolute atomic E-state index is 0.0474. The summed E-state index contributed by atoms with van der Waals surface area (Å²) >= 11 is 0. The standard InChI is InChI=1S/C11H20N6O2S/c1-16-7-11(14-8-16)20(18,19)15-9-2-4-17(5-3-9)6-10(12)13/h7-9,15H,2-6H2,1H3,(H3,12,13). The Bertz CT molecular complexity index is 573. The number of nitrogens with zero attached hydrogens (tertiary/aromatic N) is 3. The minimum atomic E-state index is -3.55. The van der Waals surface area contributed by atoms with Crippen molar-refractivity contribution in [1.82, 2.24) is 19.2 Å². The van der Waals surface area contributed by atoms with Crippen molar-refractivity contribution < 1.29 is 8.42 Å². The molecule has 0 aromatic carbocycles. The summed E-state index contributed by atoms with van der Waals surface area (Å²) in [6.45, 7) is 1.91. The maximum Gasteiger partial charge on any atom is 0.259 e. The smallest absolute Gasteiger partial charge is 0.259 e. The first-order valence-corrected chi connectivity index (χ1v) is 7.90. The molecule has 1 fully saturated rings. The first-order valence-electron chi connectivity index (χ1n) is 6.42. The van der Waals surface area contributed by atoms with Crippen molar-refractivity contribution in [2.45, 2.75) is 23.9 Å². The van der Waals surface area contributed by atoms with Gasteiger partial charge in [-0.05, 0) is 12.8 Å². The van der Waals surface area contributed by atoms with E-state index in [0.29, 0.717) is 19.4 Å². The first kappa shape index (κ1) is 14.9. The molecule has 1 aromatic heterocycles. The highest BCUT2D eigenvalue weighted by atomic mass is 32.2. The lowest BCUT2D eigenvalue weighted by molar-refractivity contribution is 0.231. The Kier molecular flexibility index (Phi) is 4.41. The van der Waals surface area contributed by atoms with E-state index < -0.39 is 10.0 Å². The third-order valence-electron chi connectivity index (χ3n) is 3.26. The molecular formula is C11H20N6O2S. The van der Waals surface area contributed by atoms with E-state index >= 15 is 0 Å². The maximum absolute atomic E-state index is 12.1. The highest BCUT2D eigenvalue weighted by Crippen LogP contribution is 2.13. The van der Waals surface area contributed by atoms with Gasteiger partial charge in [-0.3, -0.25) is 10.3 Å². The molecule has 0 atom stereocenters. The molecule has 112 valence electrons. The van der Waals surface area contributed by atoms with E-state index in [1.165, 1.54) is 12.5 Å². The fourth-order valence-electron chi connectivity index (χ4n) is 2.26. The number of nitrogens with one attached hydrogen (secondary N) is 2. The predicted molar refractivity (Wildman–Crippen MR) is 74.9 cm³/mol. The van der Waals surface area contributed by atoms with Gasteiger partial charge in [0.05, 0.1) is 12.9 Å². The van der Waals surface area contributed by atoms with Crippen molar-refractivity contribution in [1.29, 1.82) is 5.41 Å². The number of rotatable bonds is 5. The summed E-state index contributed by atoms with van der Waals surface area (Å²) in [5.41, 5.74) is 5.36. The van der Waals surface area contributed by atoms with Crippen LogP contribution >= 0.6 is 0 Å². The van der Waals surface area contributed by atoms with Crippen LogP contribution in [0.2, 0.25) is 0 Å². The molecule has 4 N–H and O–H groups in total. The largest absolute Gasteiger partial charge is 0.387 e. The molecule has 8 nitrogen and oxygen atoms in total. The van der Waals surface area contributed by atoms with Gasteiger partial charge in [0.25, 0.3) is 10.0 Å². The Labute approximate surface area is 118 Å². The quantitative estimate of drug-likeness (QED) is 0.481. The van der Waals surface area contributed by atoms with Gasteiger partial charge in [0.15, 0.2) is 5.03 Å². The van der Waals surface area contributed by atoms with E-state index in [1.54, 1.807) is 11.6 Å². The van der Waals surface area contributed by atoms with Crippen LogP contribution in [0.3, 0.4) is 0 Å². The average Bonchev–Trinajstić information content (AvgIpc) is 2.78. The maximum atomic E-state index is 12.1. The summed E-state index contributed by atoms with van der Waals surface area (Å²) in [6, 6.07) is -0.0924. The summed E-state index contributed by atoms with van der Waals surface area (Å²) < 4.78 is 28.5. The van der Waals surface area contributed by atoms with Crippen molar-refractivity contribution >= 4 is 15.9 Å². The molecule has 0 saturated carbocycles. The summed E-state index contributed by atoms with van der Waals surface area (Å²) in [4.78, 5) is 5.91. The SMILES string of the molecule is Cn1cnc(S(=O)(=O)NC2CCN(CC(=N)N)CC2)c1. The predicted octanol–water partition coefficient (Wildman–Crippen LogP) is -0.901. The number of aromatic nitrogens is 2. The third kappa shape index (κ3) is 3.78. The minimum Gasteiger partial charge on any atom is -0.387 e. The van der Waals surface area contributed by atoms with Gasteiger partial charge in [-0.15, -0.1) is 0 Å². The fourth-order valence-corrected chi connectivity index (χ4v) is 3.54. The molecule has 0 aliphatic carbocycles. The van der Waals surface area contributed by atoms with Gasteiger partial charge in [-0.2, -0.15) is 0 Å². The molecule has 20 heavy (non-hydrogen) atoms. The van der Waals surface area contributed by atoms with Crippen LogP contribution < -0.4 is 10.5 Å². The lowest BCUT2D eigenvalue weighted by Crippen LogP contribution is -2.46. The first-order chi connectivity index (χ1) is 9.37. The van der Waals surface area contributed by atoms with E-state index in [2.05, 4.69) is 9.71 Å². The Morgan fingerprint density at radius 2 is 2.20 bits per heavy atom. The number of piperidine rings is 1. The van der Waals surface area contributed by atoms with Crippen LogP contribution in [-0.4, -0.2) is 54.4 Å². The zero-order valence-electron chi connectivity index (χ0n) is 11.4. The summed E-state index contributed by atoms with van der Waals surface area (Å²) in [6.07, 6.45) is 4.36. The van der Waals surface area contributed by atoms with Gasteiger partial charge in [0, 0.05) is 32.4 Å². The van der Waals surface area contributed by atoms with Crippen molar-refractivity contribution in [2.75, 3.05) is 19.6 Å². The lowest BCUT2D eigenvalue weighted by Gasteiger charge is -2.31. The van der Waals surface area contributed by atoms with Crippen molar-refractivity contribution in [2.24, 2.45) is 12.8 Å². The second-order valence-corrected chi connectivity index (χ2v) is 6.74. The van der Waals surface area contributed by atoms with Gasteiger partial charge in [0.1, 0.15) is 5.84 Å². The molecule has 0 radical (unpaired) electrons. The van der Waals surface area contributed by atoms with Gasteiger partial charge in [-0.25, -0.2) is 18.1 Å². The topological polar surface area (TPSA) is 117 Å². The number of likely N-dealkylation sites (tertiary alicyclic amines) is 1. The van der Waals surface area contributed by atoms with E-state index in [-0.39, 0.29) is 16.9 Å². The molecule has 1 aliphatic rings. The van der Waals surface area contributed by atoms with Gasteiger partial charge >= 0.3 is 0 Å². The summed E-state index contributed by atoms with van der Waals surface area (Å²) in [5, 5.41) is 7.30. The number of aryl methyl sites for hydroxylation is 1. The highest BCUT2D eigenvalue weighted by molar-refractivity contribution is 7.89. The molecule has 0 bridgehead atoms. The second kappa shape index (κ2) is 5.90. The third-order valence-corrected chi connectivity index (χ3v) is 4.66. The molecule has 9 heteroatoms. The highest BCUT2D eigenvalue weighted by Gasteiger charge is 2.25. The Balaban J connectivity index is 1.91. The molecule has 0 unspecified atom stereocenters. The molecule has 2 heterocycles. The van der Waals surface area contributed by atoms with Crippen LogP contribution in [0.15, 0.2) is 17.6 Å². The number of hydrogen-bond acceptors (Lipinski definition) is 5. The second-order valence-electron chi connectivity index (χ2n) is 5.07. The van der Waals surface area contributed by atoms with Crippen molar-refractivity contribution in [3.63, 3.8) is 0 Å². The van der Waals surface area contributed by atoms with Gasteiger partial charge < -0.3 is 10.3 Å². The number of nitrogens with two attached hydrogens (primary N) is 1. The van der Waals surface area contributed by atoms with E-state index in [0.717, 1.165) is 13.1 Å². The fraction of sp³-hybridized carbons (Fsp3) is 0.636. The Morgan fingerprint density at radius 3 is 2.70 bits per heavy atom. The van der Waals surface area contributed by atoms with Crippen LogP contribution in [-0.2, 0) is 17.1 Å². The molecule has 1 saturated heterocycles. The number of amidine groups is 1. The van der Waals surface area contributed by atoms with E-state index in [1.807, 2.05) is 4.90 Å². The monoisotopic (exact) mass is 300 g/mol. The van der Waals surface area contributed by atoms with Crippen molar-refractivity contribution in [3.05, 3.63) is 12.5 Å². The molecule has 2 rings (SSSR count). The Hall–Kier alpha value is -1.45. The Morgan fingerprint density at radius 1 is 1.55 bits per heavy atom. The summed E-state index contributed by atoms with van der Waals surface area (Å²) in [5.74, 6) is 0.137. The van der Waals surface area contributed by atoms with E-state index in [9.17, 15) is 8.42 Å². The lowest BCUT2D eigenvalue weighted by atomic mass is 10.1. The number of hydrogen-bond donors (Lipinski definition) is 3. The number of imidazole rings is 1. The van der Waals surface area contributed by atoms with Crippen molar-refractivity contribution in [3.8, 4) is 0 Å². The van der Waals surface area contributed by atoms with Gasteiger partial charge in [-0.1, -0.05) is 0 Å². The molecule has 1 aromatic rings. The van der Waals surface area contributed by atoms with Crippen LogP contribution in [0.4, 0.5) is 0 Å². The molecule has 0 amide bonds. The normalized spacial score (nSPS) is 18.2. The van der Waals surface area contributed by atoms with Crippen LogP contribution in [0.5, 0.6) is 0 Å². The average molecular weight is 300 g/mol. The van der Waals surface area contributed by atoms with Gasteiger partial charge in [0.2, 0.25) is 0 Å². The van der Waals surface area contributed by atoms with Crippen LogP contribution in [0.25, 0.3) is 0 Å². The zero-order chi connectivity index (χ0) is 14.8. The molecular weight excluding hydrogens is 280 g/mol. The molecule has 1 aliphatic heterocycles. The summed E-state index contributed by atoms with van der Waals surface area (Å²) in [7, 11) is -1.82. The van der Waals surface area contributed by atoms with Crippen LogP contribution in [0.1, 0.15) is 12.8 Å².